The van der Waals surface area contributed by atoms with Gasteiger partial charge in [-0.25, -0.2) is 0 Å². The topological polar surface area (TPSA) is 76.4 Å². The number of carbonyl (C=O) groups is 1. The first kappa shape index (κ1) is 13.2. The lowest BCUT2D eigenvalue weighted by molar-refractivity contribution is -0.115. The molecule has 17 heavy (non-hydrogen) atoms. The number of thiocarbonyl (C=S) groups is 1. The minimum Gasteiger partial charge on any atom is -0.495 e. The van der Waals surface area contributed by atoms with Gasteiger partial charge in [-0.3, -0.25) is 4.79 Å². The van der Waals surface area contributed by atoms with E-state index in [1.54, 1.807) is 25.1 Å². The SMILES string of the molecule is CCC(=O)Nc1cc(NC(N)=S)ccc1OC. The van der Waals surface area contributed by atoms with Gasteiger partial charge in [-0.1, -0.05) is 6.92 Å². The van der Waals surface area contributed by atoms with Crippen molar-refractivity contribution < 1.29 is 9.53 Å². The molecule has 0 spiro atoms. The summed E-state index contributed by atoms with van der Waals surface area (Å²) in [5, 5.41) is 5.70. The number of nitrogens with one attached hydrogen (secondary N) is 2. The Morgan fingerprint density at radius 1 is 1.47 bits per heavy atom. The average molecular weight is 253 g/mol. The van der Waals surface area contributed by atoms with E-state index < -0.39 is 0 Å². The molecule has 1 aromatic rings. The Kier molecular flexibility index (Phi) is 4.71. The zero-order valence-electron chi connectivity index (χ0n) is 9.74. The molecule has 92 valence electrons. The van der Waals surface area contributed by atoms with Gasteiger partial charge in [0.05, 0.1) is 12.8 Å². The molecule has 5 nitrogen and oxygen atoms in total. The third-order valence-corrected chi connectivity index (χ3v) is 2.16. The van der Waals surface area contributed by atoms with E-state index in [4.69, 9.17) is 22.7 Å². The molecule has 0 unspecified atom stereocenters. The minimum absolute atomic E-state index is 0.0872. The third kappa shape index (κ3) is 3.92. The number of hydrogen-bond acceptors (Lipinski definition) is 3. The number of methoxy groups -OCH3 is 1. The smallest absolute Gasteiger partial charge is 0.224 e. The second kappa shape index (κ2) is 6.05. The first-order valence-corrected chi connectivity index (χ1v) is 5.52. The number of hydrogen-bond donors (Lipinski definition) is 3. The zero-order chi connectivity index (χ0) is 12.8. The molecule has 0 aliphatic heterocycles. The van der Waals surface area contributed by atoms with Crippen LogP contribution in [-0.2, 0) is 4.79 Å². The summed E-state index contributed by atoms with van der Waals surface area (Å²) in [5.74, 6) is 0.496. The van der Waals surface area contributed by atoms with Crippen LogP contribution in [0, 0.1) is 0 Å². The van der Waals surface area contributed by atoms with Gasteiger partial charge in [-0.2, -0.15) is 0 Å². The second-order valence-electron chi connectivity index (χ2n) is 3.31. The summed E-state index contributed by atoms with van der Waals surface area (Å²) in [4.78, 5) is 11.3. The van der Waals surface area contributed by atoms with Crippen LogP contribution in [-0.4, -0.2) is 18.1 Å². The first-order chi connectivity index (χ1) is 8.06. The lowest BCUT2D eigenvalue weighted by Crippen LogP contribution is -2.19. The van der Waals surface area contributed by atoms with E-state index in [0.29, 0.717) is 23.5 Å². The molecule has 0 radical (unpaired) electrons. The van der Waals surface area contributed by atoms with Crippen molar-refractivity contribution in [2.24, 2.45) is 5.73 Å². The first-order valence-electron chi connectivity index (χ1n) is 5.11. The lowest BCUT2D eigenvalue weighted by Gasteiger charge is -2.12. The molecule has 0 saturated heterocycles. The van der Waals surface area contributed by atoms with Gasteiger partial charge in [0.2, 0.25) is 5.91 Å². The molecule has 6 heteroatoms. The standard InChI is InChI=1S/C11H15N3O2S/c1-3-10(15)14-8-6-7(13-11(12)17)4-5-9(8)16-2/h4-6H,3H2,1-2H3,(H,14,15)(H3,12,13,17). The summed E-state index contributed by atoms with van der Waals surface area (Å²) >= 11 is 4.74. The molecule has 0 saturated carbocycles. The number of rotatable bonds is 4. The number of carbonyl (C=O) groups excluding carboxylic acids is 1. The summed E-state index contributed by atoms with van der Waals surface area (Å²) in [5.41, 5.74) is 6.66. The van der Waals surface area contributed by atoms with Crippen molar-refractivity contribution in [1.29, 1.82) is 0 Å². The fourth-order valence-electron chi connectivity index (χ4n) is 1.26. The van der Waals surface area contributed by atoms with E-state index in [-0.39, 0.29) is 11.0 Å². The predicted octanol–water partition coefficient (Wildman–Crippen LogP) is 1.70. The van der Waals surface area contributed by atoms with Crippen LogP contribution in [0.2, 0.25) is 0 Å². The predicted molar refractivity (Wildman–Crippen MR) is 72.3 cm³/mol. The third-order valence-electron chi connectivity index (χ3n) is 2.06. The highest BCUT2D eigenvalue weighted by atomic mass is 32.1. The fourth-order valence-corrected chi connectivity index (χ4v) is 1.38. The van der Waals surface area contributed by atoms with Crippen LogP contribution in [0.3, 0.4) is 0 Å². The number of anilines is 2. The molecule has 0 fully saturated rings. The van der Waals surface area contributed by atoms with E-state index in [0.717, 1.165) is 0 Å². The van der Waals surface area contributed by atoms with E-state index in [9.17, 15) is 4.79 Å². The van der Waals surface area contributed by atoms with Crippen LogP contribution in [0.1, 0.15) is 13.3 Å². The van der Waals surface area contributed by atoms with Crippen molar-refractivity contribution in [2.45, 2.75) is 13.3 Å². The molecule has 0 bridgehead atoms. The van der Waals surface area contributed by atoms with Crippen molar-refractivity contribution in [1.82, 2.24) is 0 Å². The molecular formula is C11H15N3O2S. The molecule has 1 rings (SSSR count). The molecule has 4 N–H and O–H groups in total. The van der Waals surface area contributed by atoms with Crippen LogP contribution >= 0.6 is 12.2 Å². The normalized spacial score (nSPS) is 9.53. The lowest BCUT2D eigenvalue weighted by atomic mass is 10.2. The molecular weight excluding hydrogens is 238 g/mol. The second-order valence-corrected chi connectivity index (χ2v) is 3.75. The number of amides is 1. The number of benzene rings is 1. The Bertz CT molecular complexity index is 435. The van der Waals surface area contributed by atoms with Crippen molar-refractivity contribution >= 4 is 34.6 Å². The summed E-state index contributed by atoms with van der Waals surface area (Å²) in [7, 11) is 1.54. The Morgan fingerprint density at radius 2 is 2.18 bits per heavy atom. The summed E-state index contributed by atoms with van der Waals surface area (Å²) in [6.45, 7) is 1.78. The van der Waals surface area contributed by atoms with Gasteiger partial charge in [-0.05, 0) is 30.4 Å². The van der Waals surface area contributed by atoms with E-state index in [1.807, 2.05) is 0 Å². The molecule has 1 aromatic carbocycles. The molecule has 0 heterocycles. The monoisotopic (exact) mass is 253 g/mol. The van der Waals surface area contributed by atoms with E-state index in [2.05, 4.69) is 10.6 Å². The molecule has 0 aliphatic rings. The van der Waals surface area contributed by atoms with Crippen LogP contribution < -0.4 is 21.1 Å². The maximum Gasteiger partial charge on any atom is 0.224 e. The average Bonchev–Trinajstić information content (AvgIpc) is 2.28. The van der Waals surface area contributed by atoms with Crippen molar-refractivity contribution in [3.63, 3.8) is 0 Å². The Labute approximate surface area is 105 Å². The number of nitrogens with two attached hydrogens (primary N) is 1. The van der Waals surface area contributed by atoms with Crippen LogP contribution in [0.4, 0.5) is 11.4 Å². The highest BCUT2D eigenvalue weighted by Gasteiger charge is 2.07. The largest absolute Gasteiger partial charge is 0.495 e. The van der Waals surface area contributed by atoms with Gasteiger partial charge in [0.1, 0.15) is 5.75 Å². The molecule has 0 aliphatic carbocycles. The van der Waals surface area contributed by atoms with Crippen LogP contribution in [0.5, 0.6) is 5.75 Å². The van der Waals surface area contributed by atoms with E-state index in [1.165, 1.54) is 7.11 Å². The summed E-state index contributed by atoms with van der Waals surface area (Å²) in [6.07, 6.45) is 0.399. The van der Waals surface area contributed by atoms with Gasteiger partial charge in [0.15, 0.2) is 5.11 Å². The minimum atomic E-state index is -0.0872. The Balaban J connectivity index is 2.97. The van der Waals surface area contributed by atoms with Crippen LogP contribution in [0.15, 0.2) is 18.2 Å². The van der Waals surface area contributed by atoms with Gasteiger partial charge < -0.3 is 21.1 Å². The van der Waals surface area contributed by atoms with Gasteiger partial charge in [-0.15, -0.1) is 0 Å². The van der Waals surface area contributed by atoms with Gasteiger partial charge >= 0.3 is 0 Å². The molecule has 0 aromatic heterocycles. The zero-order valence-corrected chi connectivity index (χ0v) is 10.6. The summed E-state index contributed by atoms with van der Waals surface area (Å²) in [6, 6.07) is 5.21. The summed E-state index contributed by atoms with van der Waals surface area (Å²) < 4.78 is 5.14. The maximum atomic E-state index is 11.3. The Hall–Kier alpha value is -1.82. The van der Waals surface area contributed by atoms with Crippen LogP contribution in [0.25, 0.3) is 0 Å². The highest BCUT2D eigenvalue weighted by Crippen LogP contribution is 2.27. The highest BCUT2D eigenvalue weighted by molar-refractivity contribution is 7.80. The molecule has 1 amide bonds. The van der Waals surface area contributed by atoms with E-state index >= 15 is 0 Å². The quantitative estimate of drug-likeness (QED) is 0.712. The van der Waals surface area contributed by atoms with Crippen molar-refractivity contribution in [3.05, 3.63) is 18.2 Å². The fraction of sp³-hybridized carbons (Fsp3) is 0.273. The molecule has 0 atom stereocenters. The van der Waals surface area contributed by atoms with Crippen molar-refractivity contribution in [3.8, 4) is 5.75 Å². The van der Waals surface area contributed by atoms with Crippen molar-refractivity contribution in [2.75, 3.05) is 17.7 Å². The maximum absolute atomic E-state index is 11.3. The number of ether oxygens (including phenoxy) is 1. The Morgan fingerprint density at radius 3 is 2.71 bits per heavy atom. The van der Waals surface area contributed by atoms with Gasteiger partial charge in [0, 0.05) is 12.1 Å². The van der Waals surface area contributed by atoms with Gasteiger partial charge in [0.25, 0.3) is 0 Å².